The molecule has 0 saturated heterocycles. The SMILES string of the molecule is [2H]c1c([2H])c(-c2ccccc2)c(N2CN(c3cccc(Oc4cc5c(c6c4-c4ccccc4[Si]6(c4ccccc4)c4ccccc4)c4ccccc4n5-c4cc(C([2H])([2H])[2H])ccn4)c3)c3ccccc32)c(-c2cccc(C(C)(C)C)c2)c1[2H]. The van der Waals surface area contributed by atoms with E-state index < -0.39 is 14.9 Å². The first kappa shape index (κ1) is 40.1. The maximum Gasteiger partial charge on any atom is 0.181 e. The predicted molar refractivity (Wildman–Crippen MR) is 324 cm³/mol. The molecule has 6 heteroatoms. The fourth-order valence-corrected chi connectivity index (χ4v) is 17.6. The minimum atomic E-state index is -3.24. The molecule has 0 spiro atoms. The molecule has 12 aromatic rings. The summed E-state index contributed by atoms with van der Waals surface area (Å²) in [6.45, 7) is 4.49. The van der Waals surface area contributed by atoms with Gasteiger partial charge in [0.15, 0.2) is 8.07 Å². The minimum Gasteiger partial charge on any atom is -0.457 e. The molecule has 0 radical (unpaired) electrons. The molecule has 5 nitrogen and oxygen atoms in total. The molecule has 2 aliphatic rings. The van der Waals surface area contributed by atoms with Crippen LogP contribution in [0, 0.1) is 6.85 Å². The molecule has 0 unspecified atom stereocenters. The van der Waals surface area contributed by atoms with Crippen LogP contribution in [0.2, 0.25) is 0 Å². The number of aryl methyl sites for hydroxylation is 1. The zero-order chi connectivity index (χ0) is 56.9. The van der Waals surface area contributed by atoms with Gasteiger partial charge in [-0.3, -0.25) is 4.57 Å². The van der Waals surface area contributed by atoms with Crippen LogP contribution >= 0.6 is 0 Å². The van der Waals surface area contributed by atoms with E-state index in [1.807, 2.05) is 72.8 Å². The lowest BCUT2D eigenvalue weighted by molar-refractivity contribution is 0.485. The van der Waals surface area contributed by atoms with Crippen molar-refractivity contribution in [3.8, 4) is 50.7 Å². The molecular formula is C71H56N4OSi. The first-order valence-corrected chi connectivity index (χ1v) is 28.2. The van der Waals surface area contributed by atoms with Gasteiger partial charge >= 0.3 is 0 Å². The Balaban J connectivity index is 0.987. The Hall–Kier alpha value is -9.23. The van der Waals surface area contributed by atoms with Crippen LogP contribution in [0.25, 0.3) is 61.0 Å². The number of para-hydroxylation sites is 4. The highest BCUT2D eigenvalue weighted by molar-refractivity contribution is 7.23. The monoisotopic (exact) mass is 1010 g/mol. The van der Waals surface area contributed by atoms with Crippen LogP contribution in [0.5, 0.6) is 11.5 Å². The zero-order valence-corrected chi connectivity index (χ0v) is 43.9. The van der Waals surface area contributed by atoms with Gasteiger partial charge in [-0.1, -0.05) is 215 Å². The highest BCUT2D eigenvalue weighted by atomic mass is 28.3. The molecule has 2 aliphatic heterocycles. The number of hydrogen-bond acceptors (Lipinski definition) is 4. The Morgan fingerprint density at radius 3 is 1.97 bits per heavy atom. The number of rotatable bonds is 9. The third-order valence-corrected chi connectivity index (χ3v) is 20.5. The van der Waals surface area contributed by atoms with Crippen molar-refractivity contribution in [1.82, 2.24) is 9.55 Å². The van der Waals surface area contributed by atoms with Crippen molar-refractivity contribution in [2.45, 2.75) is 33.0 Å². The van der Waals surface area contributed by atoms with Gasteiger partial charge in [-0.2, -0.15) is 0 Å². The molecule has 0 atom stereocenters. The summed E-state index contributed by atoms with van der Waals surface area (Å²) in [5, 5.41) is 6.97. The molecule has 77 heavy (non-hydrogen) atoms. The quantitative estimate of drug-likeness (QED) is 0.135. The third-order valence-electron chi connectivity index (χ3n) is 15.6. The van der Waals surface area contributed by atoms with E-state index >= 15 is 0 Å². The Morgan fingerprint density at radius 1 is 0.571 bits per heavy atom. The van der Waals surface area contributed by atoms with Crippen LogP contribution in [-0.4, -0.2) is 24.3 Å². The molecule has 2 aromatic heterocycles. The zero-order valence-electron chi connectivity index (χ0n) is 48.9. The Labute approximate surface area is 460 Å². The third kappa shape index (κ3) is 7.46. The molecule has 0 saturated carbocycles. The van der Waals surface area contributed by atoms with Gasteiger partial charge in [0, 0.05) is 55.6 Å². The lowest BCUT2D eigenvalue weighted by atomic mass is 9.85. The first-order chi connectivity index (χ1) is 40.2. The van der Waals surface area contributed by atoms with Crippen LogP contribution < -0.4 is 35.3 Å². The molecule has 370 valence electrons. The molecule has 0 N–H and O–H groups in total. The van der Waals surface area contributed by atoms with Gasteiger partial charge in [-0.15, -0.1) is 0 Å². The van der Waals surface area contributed by atoms with E-state index in [1.54, 1.807) is 18.3 Å². The van der Waals surface area contributed by atoms with Crippen LogP contribution in [0.3, 0.4) is 0 Å². The summed E-state index contributed by atoms with van der Waals surface area (Å²) < 4.78 is 63.7. The first-order valence-electron chi connectivity index (χ1n) is 29.2. The fraction of sp³-hybridized carbons (Fsp3) is 0.0845. The highest BCUT2D eigenvalue weighted by Crippen LogP contribution is 2.51. The Bertz CT molecular complexity index is 4500. The van der Waals surface area contributed by atoms with E-state index in [9.17, 15) is 4.11 Å². The van der Waals surface area contributed by atoms with E-state index in [0.29, 0.717) is 40.8 Å². The van der Waals surface area contributed by atoms with Crippen molar-refractivity contribution in [1.29, 1.82) is 0 Å². The van der Waals surface area contributed by atoms with Crippen LogP contribution in [0.15, 0.2) is 255 Å². The highest BCUT2D eigenvalue weighted by Gasteiger charge is 2.51. The maximum absolute atomic E-state index is 9.71. The summed E-state index contributed by atoms with van der Waals surface area (Å²) in [6.07, 6.45) is 1.59. The van der Waals surface area contributed by atoms with Gasteiger partial charge in [-0.25, -0.2) is 4.98 Å². The van der Waals surface area contributed by atoms with Gasteiger partial charge in [0.25, 0.3) is 0 Å². The summed E-state index contributed by atoms with van der Waals surface area (Å²) in [4.78, 5) is 9.38. The van der Waals surface area contributed by atoms with E-state index in [-0.39, 0.29) is 29.1 Å². The number of pyridine rings is 1. The van der Waals surface area contributed by atoms with E-state index in [1.165, 1.54) is 20.7 Å². The predicted octanol–water partition coefficient (Wildman–Crippen LogP) is 15.5. The molecular weight excluding hydrogens is 953 g/mol. The second-order valence-electron chi connectivity index (χ2n) is 21.1. The normalized spacial score (nSPS) is 14.7. The molecule has 10 aromatic carbocycles. The molecule has 14 rings (SSSR count). The second kappa shape index (κ2) is 18.3. The van der Waals surface area contributed by atoms with Gasteiger partial charge in [0.2, 0.25) is 0 Å². The smallest absolute Gasteiger partial charge is 0.181 e. The summed E-state index contributed by atoms with van der Waals surface area (Å²) in [6, 6.07) is 78.8. The van der Waals surface area contributed by atoms with Crippen LogP contribution in [0.1, 0.15) is 40.1 Å². The van der Waals surface area contributed by atoms with Gasteiger partial charge in [-0.05, 0) is 103 Å². The van der Waals surface area contributed by atoms with Crippen molar-refractivity contribution in [3.63, 3.8) is 0 Å². The molecule has 0 fully saturated rings. The number of ether oxygens (including phenoxy) is 1. The summed E-state index contributed by atoms with van der Waals surface area (Å²) >= 11 is 0. The number of benzene rings is 10. The van der Waals surface area contributed by atoms with E-state index in [0.717, 1.165) is 66.7 Å². The van der Waals surface area contributed by atoms with Gasteiger partial charge in [0.05, 0.1) is 32.2 Å². The lowest BCUT2D eigenvalue weighted by Crippen LogP contribution is -2.73. The largest absolute Gasteiger partial charge is 0.457 e. The average molecular weight is 1020 g/mol. The van der Waals surface area contributed by atoms with Crippen molar-refractivity contribution in [3.05, 3.63) is 266 Å². The molecule has 0 aliphatic carbocycles. The van der Waals surface area contributed by atoms with Crippen LogP contribution in [0.4, 0.5) is 22.7 Å². The molecule has 0 amide bonds. The van der Waals surface area contributed by atoms with E-state index in [4.69, 9.17) is 13.8 Å². The Morgan fingerprint density at radius 2 is 1.22 bits per heavy atom. The van der Waals surface area contributed by atoms with Gasteiger partial charge in [0.1, 0.15) is 24.0 Å². The van der Waals surface area contributed by atoms with Crippen molar-refractivity contribution in [2.24, 2.45) is 0 Å². The topological polar surface area (TPSA) is 33.5 Å². The summed E-state index contributed by atoms with van der Waals surface area (Å²) in [5.41, 5.74) is 11.1. The second-order valence-corrected chi connectivity index (χ2v) is 24.8. The van der Waals surface area contributed by atoms with Crippen LogP contribution in [-0.2, 0) is 5.41 Å². The summed E-state index contributed by atoms with van der Waals surface area (Å²) in [5.74, 6) is 1.74. The van der Waals surface area contributed by atoms with Gasteiger partial charge < -0.3 is 14.5 Å². The standard InChI is InChI=1S/C71H56N4OSi/c1-48-41-42-72-66(43-48)75-60-37-16-14-33-58(60)67-63(75)46-64(68-59-34-15-19-40-65(59)77(70(67)68,54-29-10-6-11-30-54)55-31-12-7-13-32-55)76-53-28-21-27-52(45-53)73-47-74(62-39-18-17-38-61(62)73)69-56(49-23-8-5-9-24-49)35-22-36-57(69)50-25-20-26-51(44-50)71(2,3)4/h5-46H,47H2,1-4H3/i1D3,22D,35D,36D. The number of aromatic nitrogens is 2. The Kier molecular flexibility index (Phi) is 9.51. The van der Waals surface area contributed by atoms with Crippen molar-refractivity contribution < 1.29 is 13.0 Å². The van der Waals surface area contributed by atoms with E-state index in [2.05, 4.69) is 181 Å². The average Bonchev–Trinajstić information content (AvgIpc) is 2.52. The van der Waals surface area contributed by atoms with Crippen molar-refractivity contribution >= 4 is 73.4 Å². The molecule has 0 bridgehead atoms. The number of fused-ring (bicyclic) bond motifs is 8. The number of hydrogen-bond donors (Lipinski definition) is 0. The van der Waals surface area contributed by atoms with Crippen molar-refractivity contribution in [2.75, 3.05) is 16.5 Å². The molecule has 4 heterocycles. The lowest BCUT2D eigenvalue weighted by Gasteiger charge is -2.32. The summed E-state index contributed by atoms with van der Waals surface area (Å²) in [7, 11) is -3.24. The number of nitrogens with zero attached hydrogens (tertiary/aromatic N) is 4. The minimum absolute atomic E-state index is 0.000412. The maximum atomic E-state index is 9.71. The fourth-order valence-electron chi connectivity index (χ4n) is 12.2. The number of anilines is 4.